The number of carbonyl (C=O) groups is 3. The topological polar surface area (TPSA) is 125 Å². The van der Waals surface area contributed by atoms with E-state index in [2.05, 4.69) is 10.4 Å². The van der Waals surface area contributed by atoms with E-state index in [1.807, 2.05) is 0 Å². The van der Waals surface area contributed by atoms with E-state index in [1.54, 1.807) is 24.1 Å². The van der Waals surface area contributed by atoms with Gasteiger partial charge in [0.1, 0.15) is 6.04 Å². The first-order valence-electron chi connectivity index (χ1n) is 6.23. The highest BCUT2D eigenvalue weighted by atomic mass is 16.4. The maximum Gasteiger partial charge on any atom is 0.326 e. The summed E-state index contributed by atoms with van der Waals surface area (Å²) in [6.07, 6.45) is 2.84. The van der Waals surface area contributed by atoms with Gasteiger partial charge in [-0.2, -0.15) is 5.10 Å². The van der Waals surface area contributed by atoms with Gasteiger partial charge in [-0.1, -0.05) is 0 Å². The summed E-state index contributed by atoms with van der Waals surface area (Å²) in [4.78, 5) is 34.6. The van der Waals surface area contributed by atoms with E-state index in [4.69, 9.17) is 10.2 Å². The average Bonchev–Trinajstić information content (AvgIpc) is 2.78. The monoisotopic (exact) mass is 298 g/mol. The lowest BCUT2D eigenvalue weighted by atomic mass is 10.1. The molecule has 9 heteroatoms. The van der Waals surface area contributed by atoms with E-state index in [1.165, 1.54) is 11.9 Å². The van der Waals surface area contributed by atoms with Crippen LogP contribution < -0.4 is 5.32 Å². The number of aromatic nitrogens is 2. The molecule has 9 nitrogen and oxygen atoms in total. The number of nitrogens with one attached hydrogen (secondary N) is 1. The minimum absolute atomic E-state index is 0.170. The van der Waals surface area contributed by atoms with Crippen molar-refractivity contribution in [3.8, 4) is 0 Å². The van der Waals surface area contributed by atoms with Crippen molar-refractivity contribution in [2.45, 2.75) is 25.4 Å². The van der Waals surface area contributed by atoms with Gasteiger partial charge in [-0.05, 0) is 6.42 Å². The number of amides is 2. The van der Waals surface area contributed by atoms with Crippen molar-refractivity contribution in [1.29, 1.82) is 0 Å². The first-order chi connectivity index (χ1) is 9.79. The second-order valence-electron chi connectivity index (χ2n) is 4.65. The second-order valence-corrected chi connectivity index (χ2v) is 4.65. The first kappa shape index (κ1) is 16.5. The predicted octanol–water partition coefficient (Wildman–Crippen LogP) is -0.120. The molecule has 0 fully saturated rings. The number of rotatable bonds is 7. The standard InChI is InChI=1S/C12H18N4O5/c1-15(6-8-5-13-16(2)7-8)12(21)14-9(11(19)20)3-4-10(17)18/h5,7,9H,3-4,6H2,1-2H3,(H,14,21)(H,17,18)(H,19,20)/t9-/m0/s1. The van der Waals surface area contributed by atoms with Gasteiger partial charge in [0.15, 0.2) is 0 Å². The molecule has 0 aromatic carbocycles. The van der Waals surface area contributed by atoms with Gasteiger partial charge in [0.25, 0.3) is 0 Å². The summed E-state index contributed by atoms with van der Waals surface area (Å²) in [6, 6.07) is -1.82. The molecule has 1 aromatic heterocycles. The Morgan fingerprint density at radius 3 is 2.57 bits per heavy atom. The van der Waals surface area contributed by atoms with Crippen LogP contribution in [0.4, 0.5) is 4.79 Å². The Bertz CT molecular complexity index is 527. The fourth-order valence-electron chi connectivity index (χ4n) is 1.68. The van der Waals surface area contributed by atoms with Crippen molar-refractivity contribution >= 4 is 18.0 Å². The molecule has 0 radical (unpaired) electrons. The van der Waals surface area contributed by atoms with Gasteiger partial charge in [0.2, 0.25) is 0 Å². The van der Waals surface area contributed by atoms with Crippen molar-refractivity contribution in [2.24, 2.45) is 7.05 Å². The lowest BCUT2D eigenvalue weighted by Crippen LogP contribution is -2.46. The number of hydrogen-bond donors (Lipinski definition) is 3. The molecule has 0 aliphatic carbocycles. The molecule has 1 atom stereocenters. The molecule has 1 heterocycles. The number of nitrogens with zero attached hydrogens (tertiary/aromatic N) is 3. The number of carboxylic acids is 2. The van der Waals surface area contributed by atoms with E-state index in [-0.39, 0.29) is 19.4 Å². The van der Waals surface area contributed by atoms with Crippen LogP contribution in [-0.2, 0) is 23.2 Å². The summed E-state index contributed by atoms with van der Waals surface area (Å²) >= 11 is 0. The maximum absolute atomic E-state index is 11.9. The number of aliphatic carboxylic acids is 2. The molecule has 0 saturated heterocycles. The van der Waals surface area contributed by atoms with Gasteiger partial charge in [0, 0.05) is 32.3 Å². The highest BCUT2D eigenvalue weighted by Gasteiger charge is 2.22. The van der Waals surface area contributed by atoms with Gasteiger partial charge in [0.05, 0.1) is 12.7 Å². The minimum Gasteiger partial charge on any atom is -0.481 e. The molecule has 0 aliphatic heterocycles. The number of hydrogen-bond acceptors (Lipinski definition) is 4. The molecule has 0 saturated carbocycles. The summed E-state index contributed by atoms with van der Waals surface area (Å²) in [5, 5.41) is 23.8. The summed E-state index contributed by atoms with van der Waals surface area (Å²) in [6.45, 7) is 0.269. The normalized spacial score (nSPS) is 11.7. The van der Waals surface area contributed by atoms with E-state index in [9.17, 15) is 14.4 Å². The lowest BCUT2D eigenvalue weighted by molar-refractivity contribution is -0.140. The van der Waals surface area contributed by atoms with Gasteiger partial charge >= 0.3 is 18.0 Å². The van der Waals surface area contributed by atoms with Crippen molar-refractivity contribution < 1.29 is 24.6 Å². The summed E-state index contributed by atoms with van der Waals surface area (Å²) in [5.41, 5.74) is 0.799. The van der Waals surface area contributed by atoms with Crippen molar-refractivity contribution in [2.75, 3.05) is 7.05 Å². The Morgan fingerprint density at radius 1 is 1.43 bits per heavy atom. The third kappa shape index (κ3) is 5.51. The third-order valence-electron chi connectivity index (χ3n) is 2.77. The lowest BCUT2D eigenvalue weighted by Gasteiger charge is -2.20. The highest BCUT2D eigenvalue weighted by molar-refractivity contribution is 5.82. The average molecular weight is 298 g/mol. The van der Waals surface area contributed by atoms with Crippen LogP contribution >= 0.6 is 0 Å². The molecule has 116 valence electrons. The van der Waals surface area contributed by atoms with Crippen LogP contribution in [0.5, 0.6) is 0 Å². The fraction of sp³-hybridized carbons (Fsp3) is 0.500. The Labute approximate surface area is 121 Å². The van der Waals surface area contributed by atoms with Crippen LogP contribution in [0.1, 0.15) is 18.4 Å². The van der Waals surface area contributed by atoms with Gasteiger partial charge in [-0.15, -0.1) is 0 Å². The maximum atomic E-state index is 11.9. The molecule has 0 spiro atoms. The summed E-state index contributed by atoms with van der Waals surface area (Å²) < 4.78 is 1.59. The molecule has 0 aliphatic rings. The van der Waals surface area contributed by atoms with Crippen molar-refractivity contribution in [1.82, 2.24) is 20.0 Å². The molecule has 0 bridgehead atoms. The van der Waals surface area contributed by atoms with E-state index in [0.717, 1.165) is 5.56 Å². The van der Waals surface area contributed by atoms with Crippen LogP contribution in [0.15, 0.2) is 12.4 Å². The fourth-order valence-corrected chi connectivity index (χ4v) is 1.68. The minimum atomic E-state index is -1.26. The van der Waals surface area contributed by atoms with Crippen LogP contribution in [0, 0.1) is 0 Å². The van der Waals surface area contributed by atoms with Crippen molar-refractivity contribution in [3.05, 3.63) is 18.0 Å². The Morgan fingerprint density at radius 2 is 2.10 bits per heavy atom. The first-order valence-corrected chi connectivity index (χ1v) is 6.23. The second kappa shape index (κ2) is 7.27. The molecule has 21 heavy (non-hydrogen) atoms. The highest BCUT2D eigenvalue weighted by Crippen LogP contribution is 2.03. The Balaban J connectivity index is 2.55. The molecular formula is C12H18N4O5. The predicted molar refractivity (Wildman–Crippen MR) is 71.5 cm³/mol. The zero-order valence-corrected chi connectivity index (χ0v) is 11.8. The van der Waals surface area contributed by atoms with Gasteiger partial charge in [-0.25, -0.2) is 9.59 Å². The van der Waals surface area contributed by atoms with E-state index >= 15 is 0 Å². The summed E-state index contributed by atoms with van der Waals surface area (Å²) in [7, 11) is 3.26. The summed E-state index contributed by atoms with van der Waals surface area (Å²) in [5.74, 6) is -2.38. The number of urea groups is 1. The van der Waals surface area contributed by atoms with Gasteiger partial charge in [-0.3, -0.25) is 9.48 Å². The quantitative estimate of drug-likeness (QED) is 0.644. The third-order valence-corrected chi connectivity index (χ3v) is 2.77. The SMILES string of the molecule is CN(Cc1cnn(C)c1)C(=O)N[C@@H](CCC(=O)O)C(=O)O. The molecular weight excluding hydrogens is 280 g/mol. The number of aryl methyl sites for hydroxylation is 1. The molecule has 2 amide bonds. The van der Waals surface area contributed by atoms with Crippen LogP contribution in [0.25, 0.3) is 0 Å². The molecule has 1 aromatic rings. The van der Waals surface area contributed by atoms with Gasteiger partial charge < -0.3 is 20.4 Å². The Hall–Kier alpha value is -2.58. The zero-order valence-electron chi connectivity index (χ0n) is 11.8. The van der Waals surface area contributed by atoms with E-state index < -0.39 is 24.0 Å². The number of carbonyl (C=O) groups excluding carboxylic acids is 1. The molecule has 1 rings (SSSR count). The van der Waals surface area contributed by atoms with E-state index in [0.29, 0.717) is 0 Å². The van der Waals surface area contributed by atoms with Crippen LogP contribution in [0.2, 0.25) is 0 Å². The zero-order chi connectivity index (χ0) is 16.0. The number of carboxylic acid groups (broad SMARTS) is 2. The molecule has 0 unspecified atom stereocenters. The van der Waals surface area contributed by atoms with Crippen LogP contribution in [0.3, 0.4) is 0 Å². The molecule has 3 N–H and O–H groups in total. The smallest absolute Gasteiger partial charge is 0.326 e. The Kier molecular flexibility index (Phi) is 5.70. The van der Waals surface area contributed by atoms with Crippen molar-refractivity contribution in [3.63, 3.8) is 0 Å². The van der Waals surface area contributed by atoms with Crippen LogP contribution in [-0.4, -0.2) is 56.0 Å². The largest absolute Gasteiger partial charge is 0.481 e.